The molecule has 0 spiro atoms. The molecule has 3 aromatic carbocycles. The van der Waals surface area contributed by atoms with Crippen LogP contribution in [0.25, 0.3) is 0 Å². The summed E-state index contributed by atoms with van der Waals surface area (Å²) in [5.41, 5.74) is 1.50. The first kappa shape index (κ1) is 20.6. The van der Waals surface area contributed by atoms with Gasteiger partial charge in [0.05, 0.1) is 12.7 Å². The number of ether oxygens (including phenoxy) is 1. The second-order valence-electron chi connectivity index (χ2n) is 7.76. The lowest BCUT2D eigenvalue weighted by atomic mass is 10.0. The summed E-state index contributed by atoms with van der Waals surface area (Å²) < 4.78 is 12.3. The van der Waals surface area contributed by atoms with Crippen LogP contribution in [0.4, 0.5) is 0 Å². The SMILES string of the molecule is CCOC(=O)CC[C@H]1C[C@H](c2ccccc2)O[Si]1(c1ccccc1)c1ccccc1. The molecule has 3 nitrogen and oxygen atoms in total. The van der Waals surface area contributed by atoms with Gasteiger partial charge in [-0.25, -0.2) is 0 Å². The van der Waals surface area contributed by atoms with Crippen molar-refractivity contribution in [3.63, 3.8) is 0 Å². The summed E-state index contributed by atoms with van der Waals surface area (Å²) in [7, 11) is -2.56. The van der Waals surface area contributed by atoms with E-state index in [1.54, 1.807) is 0 Å². The first-order valence-corrected chi connectivity index (χ1v) is 12.7. The largest absolute Gasteiger partial charge is 0.466 e. The van der Waals surface area contributed by atoms with E-state index in [-0.39, 0.29) is 17.6 Å². The van der Waals surface area contributed by atoms with Crippen LogP contribution in [0.5, 0.6) is 0 Å². The topological polar surface area (TPSA) is 35.5 Å². The molecule has 4 rings (SSSR count). The van der Waals surface area contributed by atoms with Gasteiger partial charge in [-0.05, 0) is 41.2 Å². The van der Waals surface area contributed by atoms with Gasteiger partial charge in [0.2, 0.25) is 0 Å². The van der Waals surface area contributed by atoms with E-state index in [0.29, 0.717) is 13.0 Å². The Morgan fingerprint density at radius 1 is 0.900 bits per heavy atom. The van der Waals surface area contributed by atoms with Crippen LogP contribution < -0.4 is 10.4 Å². The quantitative estimate of drug-likeness (QED) is 0.416. The van der Waals surface area contributed by atoms with Crippen molar-refractivity contribution in [2.24, 2.45) is 0 Å². The molecule has 0 aromatic heterocycles. The Kier molecular flexibility index (Phi) is 6.46. The molecule has 0 saturated carbocycles. The van der Waals surface area contributed by atoms with Crippen LogP contribution >= 0.6 is 0 Å². The second-order valence-corrected chi connectivity index (χ2v) is 11.4. The molecule has 0 N–H and O–H groups in total. The fourth-order valence-electron chi connectivity index (χ4n) is 4.66. The third kappa shape index (κ3) is 4.11. The van der Waals surface area contributed by atoms with E-state index < -0.39 is 8.32 Å². The number of hydrogen-bond donors (Lipinski definition) is 0. The van der Waals surface area contributed by atoms with E-state index in [0.717, 1.165) is 12.8 Å². The van der Waals surface area contributed by atoms with Crippen LogP contribution in [-0.4, -0.2) is 20.9 Å². The van der Waals surface area contributed by atoms with Gasteiger partial charge in [-0.3, -0.25) is 4.79 Å². The van der Waals surface area contributed by atoms with E-state index in [1.807, 2.05) is 25.1 Å². The predicted molar refractivity (Wildman–Crippen MR) is 122 cm³/mol. The van der Waals surface area contributed by atoms with Crippen molar-refractivity contribution >= 4 is 24.7 Å². The molecule has 1 fully saturated rings. The fraction of sp³-hybridized carbons (Fsp3) is 0.269. The number of rotatable bonds is 7. The lowest BCUT2D eigenvalue weighted by molar-refractivity contribution is -0.143. The Morgan fingerprint density at radius 3 is 1.97 bits per heavy atom. The maximum absolute atomic E-state index is 12.2. The lowest BCUT2D eigenvalue weighted by Crippen LogP contribution is -2.61. The smallest absolute Gasteiger partial charge is 0.305 e. The van der Waals surface area contributed by atoms with Crippen molar-refractivity contribution in [3.8, 4) is 0 Å². The maximum atomic E-state index is 12.2. The molecule has 3 aromatic rings. The van der Waals surface area contributed by atoms with E-state index in [2.05, 4.69) is 72.8 Å². The van der Waals surface area contributed by atoms with Gasteiger partial charge < -0.3 is 9.16 Å². The summed E-state index contributed by atoms with van der Waals surface area (Å²) in [6, 6.07) is 31.7. The van der Waals surface area contributed by atoms with Gasteiger partial charge >= 0.3 is 5.97 Å². The lowest BCUT2D eigenvalue weighted by Gasteiger charge is -2.33. The molecule has 1 heterocycles. The van der Waals surface area contributed by atoms with Crippen LogP contribution in [0.1, 0.15) is 37.9 Å². The molecule has 0 amide bonds. The van der Waals surface area contributed by atoms with Gasteiger partial charge in [0, 0.05) is 6.42 Å². The molecule has 0 bridgehead atoms. The third-order valence-corrected chi connectivity index (χ3v) is 10.7. The number of hydrogen-bond acceptors (Lipinski definition) is 3. The van der Waals surface area contributed by atoms with Gasteiger partial charge in [0.25, 0.3) is 8.32 Å². The Bertz CT molecular complexity index is 904. The Labute approximate surface area is 179 Å². The Morgan fingerprint density at radius 2 is 1.43 bits per heavy atom. The van der Waals surface area contributed by atoms with Crippen molar-refractivity contribution in [2.75, 3.05) is 6.61 Å². The normalized spacial score (nSPS) is 20.0. The minimum atomic E-state index is -2.56. The molecule has 30 heavy (non-hydrogen) atoms. The second kappa shape index (κ2) is 9.41. The predicted octanol–water partition coefficient (Wildman–Crippen LogP) is 4.62. The number of benzene rings is 3. The number of carbonyl (C=O) groups excluding carboxylic acids is 1. The monoisotopic (exact) mass is 416 g/mol. The number of carbonyl (C=O) groups is 1. The van der Waals surface area contributed by atoms with E-state index in [4.69, 9.17) is 9.16 Å². The Hall–Kier alpha value is -2.69. The highest BCUT2D eigenvalue weighted by molar-refractivity contribution is 6.99. The van der Waals surface area contributed by atoms with E-state index >= 15 is 0 Å². The molecular formula is C26H28O3Si. The van der Waals surface area contributed by atoms with Crippen molar-refractivity contribution < 1.29 is 14.0 Å². The molecule has 1 aliphatic rings. The fourth-order valence-corrected chi connectivity index (χ4v) is 9.55. The zero-order valence-electron chi connectivity index (χ0n) is 17.4. The molecule has 1 saturated heterocycles. The van der Waals surface area contributed by atoms with Crippen molar-refractivity contribution in [1.29, 1.82) is 0 Å². The first-order chi connectivity index (χ1) is 14.7. The minimum Gasteiger partial charge on any atom is -0.466 e. The van der Waals surface area contributed by atoms with Crippen LogP contribution in [0.2, 0.25) is 5.54 Å². The highest BCUT2D eigenvalue weighted by Gasteiger charge is 2.54. The van der Waals surface area contributed by atoms with Crippen molar-refractivity contribution in [3.05, 3.63) is 96.6 Å². The molecule has 1 aliphatic heterocycles. The third-order valence-electron chi connectivity index (χ3n) is 5.98. The number of esters is 1. The molecule has 0 radical (unpaired) electrons. The summed E-state index contributed by atoms with van der Waals surface area (Å²) in [5.74, 6) is -0.121. The molecule has 154 valence electrons. The van der Waals surface area contributed by atoms with Crippen molar-refractivity contribution in [1.82, 2.24) is 0 Å². The molecule has 0 aliphatic carbocycles. The van der Waals surface area contributed by atoms with Gasteiger partial charge in [-0.15, -0.1) is 0 Å². The molecule has 4 heteroatoms. The summed E-state index contributed by atoms with van der Waals surface area (Å²) in [4.78, 5) is 12.2. The zero-order valence-corrected chi connectivity index (χ0v) is 18.4. The molecular weight excluding hydrogens is 388 g/mol. The molecule has 0 unspecified atom stereocenters. The van der Waals surface area contributed by atoms with Gasteiger partial charge in [0.15, 0.2) is 0 Å². The highest BCUT2D eigenvalue weighted by Crippen LogP contribution is 2.46. The van der Waals surface area contributed by atoms with Crippen LogP contribution in [-0.2, 0) is 14.0 Å². The average molecular weight is 417 g/mol. The zero-order chi connectivity index (χ0) is 20.8. The summed E-state index contributed by atoms with van der Waals surface area (Å²) in [6.07, 6.45) is 2.15. The summed E-state index contributed by atoms with van der Waals surface area (Å²) in [6.45, 7) is 2.28. The van der Waals surface area contributed by atoms with Crippen LogP contribution in [0.15, 0.2) is 91.0 Å². The highest BCUT2D eigenvalue weighted by atomic mass is 28.4. The maximum Gasteiger partial charge on any atom is 0.305 e. The van der Waals surface area contributed by atoms with Crippen molar-refractivity contribution in [2.45, 2.75) is 37.8 Å². The average Bonchev–Trinajstić information content (AvgIpc) is 3.20. The van der Waals surface area contributed by atoms with Gasteiger partial charge in [-0.2, -0.15) is 0 Å². The molecule has 2 atom stereocenters. The summed E-state index contributed by atoms with van der Waals surface area (Å²) >= 11 is 0. The summed E-state index contributed by atoms with van der Waals surface area (Å²) in [5, 5.41) is 2.53. The van der Waals surface area contributed by atoms with Crippen LogP contribution in [0, 0.1) is 0 Å². The minimum absolute atomic E-state index is 0.0328. The van der Waals surface area contributed by atoms with Crippen LogP contribution in [0.3, 0.4) is 0 Å². The first-order valence-electron chi connectivity index (χ1n) is 10.7. The van der Waals surface area contributed by atoms with Gasteiger partial charge in [-0.1, -0.05) is 91.0 Å². The van der Waals surface area contributed by atoms with E-state index in [9.17, 15) is 4.79 Å². The van der Waals surface area contributed by atoms with Gasteiger partial charge in [0.1, 0.15) is 0 Å². The Balaban J connectivity index is 1.77. The van der Waals surface area contributed by atoms with E-state index in [1.165, 1.54) is 15.9 Å². The standard InChI is InChI=1S/C26H28O3Si/c1-2-28-26(27)19-18-24-20-25(21-12-6-3-7-13-21)29-30(24,22-14-8-4-9-15-22)23-16-10-5-11-17-23/h3-17,24-25H,2,18-20H2,1H3/t24-,25+/m0/s1.